The van der Waals surface area contributed by atoms with Gasteiger partial charge >= 0.3 is 0 Å². The minimum absolute atomic E-state index is 0.0152. The fraction of sp³-hybridized carbons (Fsp3) is 0.467. The van der Waals surface area contributed by atoms with Crippen LogP contribution in [0.4, 0.5) is 27.6 Å². The summed E-state index contributed by atoms with van der Waals surface area (Å²) in [6.45, 7) is 7.54. The van der Waals surface area contributed by atoms with Gasteiger partial charge in [0.15, 0.2) is 0 Å². The zero-order valence-corrected chi connectivity index (χ0v) is 22.3. The van der Waals surface area contributed by atoms with Crippen molar-refractivity contribution in [3.63, 3.8) is 0 Å². The molecule has 2 unspecified atom stereocenters. The van der Waals surface area contributed by atoms with Crippen LogP contribution in [0.25, 0.3) is 17.0 Å². The van der Waals surface area contributed by atoms with E-state index in [2.05, 4.69) is 21.8 Å². The first-order valence-corrected chi connectivity index (χ1v) is 13.5. The Balaban J connectivity index is 1.53. The zero-order valence-electron chi connectivity index (χ0n) is 22.3. The number of alkyl halides is 3. The molecular weight excluding hydrogens is 511 g/mol. The van der Waals surface area contributed by atoms with Gasteiger partial charge in [-0.3, -0.25) is 9.29 Å². The van der Waals surface area contributed by atoms with E-state index >= 15 is 8.78 Å². The normalized spacial score (nSPS) is 22.4. The lowest BCUT2D eigenvalue weighted by Crippen LogP contribution is -2.47. The van der Waals surface area contributed by atoms with Gasteiger partial charge in [-0.2, -0.15) is 0 Å². The third kappa shape index (κ3) is 5.70. The van der Waals surface area contributed by atoms with Gasteiger partial charge < -0.3 is 15.2 Å². The maximum atomic E-state index is 15.8. The number of halogens is 5. The smallest absolute Gasteiger partial charge is 0.257 e. The number of nitrogens with one attached hydrogen (secondary N) is 2. The minimum Gasteiger partial charge on any atom is -0.381 e. The highest BCUT2D eigenvalue weighted by molar-refractivity contribution is 5.87. The summed E-state index contributed by atoms with van der Waals surface area (Å²) in [6, 6.07) is 6.82. The Labute approximate surface area is 225 Å². The van der Waals surface area contributed by atoms with Crippen LogP contribution in [0.5, 0.6) is 0 Å². The average molecular weight is 547 g/mol. The zero-order chi connectivity index (χ0) is 27.9. The van der Waals surface area contributed by atoms with Gasteiger partial charge in [0, 0.05) is 66.5 Å². The van der Waals surface area contributed by atoms with E-state index < -0.39 is 30.1 Å². The molecule has 2 aromatic carbocycles. The van der Waals surface area contributed by atoms with Crippen LogP contribution in [0.3, 0.4) is 0 Å². The quantitative estimate of drug-likeness (QED) is 0.286. The van der Waals surface area contributed by atoms with E-state index in [0.29, 0.717) is 37.3 Å². The number of H-pyrrole nitrogens is 1. The maximum absolute atomic E-state index is 15.8. The number of benzene rings is 2. The lowest BCUT2D eigenvalue weighted by molar-refractivity contribution is -0.0374. The molecule has 0 spiro atoms. The summed E-state index contributed by atoms with van der Waals surface area (Å²) in [5, 5.41) is 4.11. The summed E-state index contributed by atoms with van der Waals surface area (Å²) in [5.74, 6) is -4.63. The number of aromatic nitrogens is 1. The first kappa shape index (κ1) is 27.6. The van der Waals surface area contributed by atoms with E-state index in [1.165, 1.54) is 17.0 Å². The number of nitrogens with zero attached hydrogens (tertiary/aromatic N) is 2. The van der Waals surface area contributed by atoms with Crippen LogP contribution in [0.15, 0.2) is 36.9 Å². The number of anilines is 1. The molecule has 9 heteroatoms. The molecule has 2 aliphatic rings. The average Bonchev–Trinajstić information content (AvgIpc) is 3.46. The highest BCUT2D eigenvalue weighted by Crippen LogP contribution is 2.44. The lowest BCUT2D eigenvalue weighted by Gasteiger charge is -2.42. The number of aromatic amines is 1. The van der Waals surface area contributed by atoms with E-state index in [1.807, 2.05) is 25.1 Å². The molecule has 210 valence electrons. The third-order valence-electron chi connectivity index (χ3n) is 7.93. The largest absolute Gasteiger partial charge is 0.381 e. The summed E-state index contributed by atoms with van der Waals surface area (Å²) >= 11 is 0. The van der Waals surface area contributed by atoms with Crippen LogP contribution in [-0.4, -0.2) is 65.6 Å². The van der Waals surface area contributed by atoms with E-state index in [0.717, 1.165) is 41.9 Å². The van der Waals surface area contributed by atoms with Crippen molar-refractivity contribution in [3.05, 3.63) is 70.9 Å². The van der Waals surface area contributed by atoms with E-state index in [-0.39, 0.29) is 24.3 Å². The molecule has 1 saturated heterocycles. The van der Waals surface area contributed by atoms with Crippen molar-refractivity contribution in [3.8, 4) is 0 Å². The van der Waals surface area contributed by atoms with Crippen molar-refractivity contribution < 1.29 is 22.0 Å². The fourth-order valence-corrected chi connectivity index (χ4v) is 6.19. The summed E-state index contributed by atoms with van der Waals surface area (Å²) in [4.78, 5) is 6.93. The Morgan fingerprint density at radius 1 is 1.18 bits per heavy atom. The van der Waals surface area contributed by atoms with Crippen LogP contribution >= 0.6 is 0 Å². The molecule has 3 heterocycles. The number of hydrogen-bond acceptors (Lipinski definition) is 3. The Hall–Kier alpha value is -2.91. The molecule has 0 saturated carbocycles. The van der Waals surface area contributed by atoms with Crippen LogP contribution < -0.4 is 5.32 Å². The molecule has 1 fully saturated rings. The Kier molecular flexibility index (Phi) is 7.75. The van der Waals surface area contributed by atoms with Gasteiger partial charge in [-0.05, 0) is 55.5 Å². The second-order valence-corrected chi connectivity index (χ2v) is 11.1. The predicted octanol–water partition coefficient (Wildman–Crippen LogP) is 6.93. The highest BCUT2D eigenvalue weighted by Gasteiger charge is 2.42. The standard InChI is InChI=1S/C30H35F5N4/c1-4-19-6-7-22-23-12-18(2)39(17-30(3,34)35)29(28(23)37-26(22)13-19)27-24(32)14-21(15-25(27)33)36-20-8-11-38(16-20)10-5-9-31/h4,6-7,13-15,18,20,29,36-37H,1,5,8-12,16-17H2,2-3H3/t18-,20?,29?/m1/s1. The van der Waals surface area contributed by atoms with Crippen molar-refractivity contribution in [2.75, 3.05) is 38.2 Å². The van der Waals surface area contributed by atoms with E-state index in [9.17, 15) is 13.2 Å². The molecule has 0 radical (unpaired) electrons. The molecule has 1 aromatic heterocycles. The second kappa shape index (κ2) is 10.9. The lowest BCUT2D eigenvalue weighted by atomic mass is 9.87. The summed E-state index contributed by atoms with van der Waals surface area (Å²) in [5.41, 5.74) is 3.13. The minimum atomic E-state index is -3.06. The first-order chi connectivity index (χ1) is 18.6. The van der Waals surface area contributed by atoms with Gasteiger partial charge in [0.1, 0.15) is 11.6 Å². The number of hydrogen-bond donors (Lipinski definition) is 2. The van der Waals surface area contributed by atoms with Crippen molar-refractivity contribution in [1.29, 1.82) is 0 Å². The fourth-order valence-electron chi connectivity index (χ4n) is 6.19. The van der Waals surface area contributed by atoms with Gasteiger partial charge in [-0.1, -0.05) is 24.8 Å². The molecule has 0 aliphatic carbocycles. The van der Waals surface area contributed by atoms with Crippen LogP contribution in [0.1, 0.15) is 55.1 Å². The summed E-state index contributed by atoms with van der Waals surface area (Å²) in [6.07, 6.45) is 3.42. The monoisotopic (exact) mass is 546 g/mol. The van der Waals surface area contributed by atoms with Crippen molar-refractivity contribution in [1.82, 2.24) is 14.8 Å². The van der Waals surface area contributed by atoms with Gasteiger partial charge in [0.25, 0.3) is 5.92 Å². The summed E-state index contributed by atoms with van der Waals surface area (Å²) < 4.78 is 72.9. The first-order valence-electron chi connectivity index (χ1n) is 13.5. The van der Waals surface area contributed by atoms with Crippen LogP contribution in [0, 0.1) is 11.6 Å². The number of fused-ring (bicyclic) bond motifs is 3. The molecule has 2 N–H and O–H groups in total. The topological polar surface area (TPSA) is 34.3 Å². The van der Waals surface area contributed by atoms with Gasteiger partial charge in [-0.15, -0.1) is 0 Å². The molecule has 39 heavy (non-hydrogen) atoms. The molecule has 5 rings (SSSR count). The molecule has 0 bridgehead atoms. The highest BCUT2D eigenvalue weighted by atomic mass is 19.3. The number of rotatable bonds is 9. The molecule has 2 aliphatic heterocycles. The van der Waals surface area contributed by atoms with Crippen molar-refractivity contribution in [2.24, 2.45) is 0 Å². The molecule has 3 aromatic rings. The Morgan fingerprint density at radius 3 is 2.59 bits per heavy atom. The molecule has 4 nitrogen and oxygen atoms in total. The van der Waals surface area contributed by atoms with Crippen LogP contribution in [0.2, 0.25) is 0 Å². The molecule has 0 amide bonds. The van der Waals surface area contributed by atoms with Crippen molar-refractivity contribution in [2.45, 2.75) is 57.2 Å². The maximum Gasteiger partial charge on any atom is 0.257 e. The van der Waals surface area contributed by atoms with E-state index in [1.54, 1.807) is 6.08 Å². The van der Waals surface area contributed by atoms with Gasteiger partial charge in [-0.25, -0.2) is 17.6 Å². The second-order valence-electron chi connectivity index (χ2n) is 11.1. The molecule has 3 atom stereocenters. The van der Waals surface area contributed by atoms with Crippen molar-refractivity contribution >= 4 is 22.7 Å². The SMILES string of the molecule is C=Cc1ccc2c3c([nH]c2c1)C(c1c(F)cc(NC2CCN(CCCF)C2)cc1F)N(CC(C)(F)F)[C@H](C)C3. The van der Waals surface area contributed by atoms with Crippen LogP contribution in [-0.2, 0) is 6.42 Å². The number of likely N-dealkylation sites (tertiary alicyclic amines) is 1. The van der Waals surface area contributed by atoms with Gasteiger partial charge in [0.2, 0.25) is 0 Å². The Bertz CT molecular complexity index is 1320. The van der Waals surface area contributed by atoms with Gasteiger partial charge in [0.05, 0.1) is 19.3 Å². The molecular formula is C30H35F5N4. The summed E-state index contributed by atoms with van der Waals surface area (Å²) in [7, 11) is 0. The Morgan fingerprint density at radius 2 is 1.92 bits per heavy atom. The predicted molar refractivity (Wildman–Crippen MR) is 146 cm³/mol. The third-order valence-corrected chi connectivity index (χ3v) is 7.93. The van der Waals surface area contributed by atoms with E-state index in [4.69, 9.17) is 0 Å².